The van der Waals surface area contributed by atoms with Gasteiger partial charge in [-0.15, -0.1) is 0 Å². The third-order valence-electron chi connectivity index (χ3n) is 8.53. The Hall–Kier alpha value is -5.34. The summed E-state index contributed by atoms with van der Waals surface area (Å²) < 4.78 is 38.4. The molecule has 260 valence electrons. The third-order valence-corrected chi connectivity index (χ3v) is 8.53. The van der Waals surface area contributed by atoms with Crippen molar-refractivity contribution >= 4 is 40.7 Å². The summed E-state index contributed by atoms with van der Waals surface area (Å²) in [5.41, 5.74) is 0.732. The van der Waals surface area contributed by atoms with Crippen LogP contribution in [-0.2, 0) is 19.1 Å². The van der Waals surface area contributed by atoms with Crippen molar-refractivity contribution < 1.29 is 47.3 Å². The average Bonchev–Trinajstić information content (AvgIpc) is 3.60. The monoisotopic (exact) mass is 681 g/mol. The predicted molar refractivity (Wildman–Crippen MR) is 171 cm³/mol. The quantitative estimate of drug-likeness (QED) is 0.309. The molecule has 0 radical (unpaired) electrons. The minimum Gasteiger partial charge on any atom is -0.483 e. The van der Waals surface area contributed by atoms with Crippen LogP contribution >= 0.6 is 0 Å². The van der Waals surface area contributed by atoms with Gasteiger partial charge in [0.05, 0.1) is 18.2 Å². The number of aromatic nitrogens is 1. The summed E-state index contributed by atoms with van der Waals surface area (Å²) >= 11 is 0. The molecule has 4 amide bonds. The van der Waals surface area contributed by atoms with Crippen LogP contribution < -0.4 is 10.1 Å². The molecule has 1 unspecified atom stereocenters. The van der Waals surface area contributed by atoms with Gasteiger partial charge in [0, 0.05) is 50.6 Å². The zero-order chi connectivity index (χ0) is 35.1. The summed E-state index contributed by atoms with van der Waals surface area (Å²) in [6.07, 6.45) is 0.181. The number of nitrogens with zero attached hydrogens (tertiary/aromatic N) is 4. The molecular formula is C34H37F2N5O8. The third kappa shape index (κ3) is 8.39. The van der Waals surface area contributed by atoms with Gasteiger partial charge in [0.1, 0.15) is 17.5 Å². The number of halogens is 2. The number of aliphatic carboxylic acids is 1. The predicted octanol–water partition coefficient (Wildman–Crippen LogP) is 3.52. The molecule has 15 heteroatoms. The highest BCUT2D eigenvalue weighted by molar-refractivity contribution is 5.99. The molecule has 5 rings (SSSR count). The van der Waals surface area contributed by atoms with Crippen molar-refractivity contribution in [2.75, 3.05) is 45.9 Å². The molecule has 1 aromatic heterocycles. The van der Waals surface area contributed by atoms with E-state index in [1.54, 1.807) is 36.1 Å². The Bertz CT molecular complexity index is 1730. The van der Waals surface area contributed by atoms with Gasteiger partial charge in [-0.3, -0.25) is 19.2 Å². The first kappa shape index (κ1) is 35.0. The number of rotatable bonds is 11. The molecule has 2 aromatic carbocycles. The molecular weight excluding hydrogens is 644 g/mol. The lowest BCUT2D eigenvalue weighted by Crippen LogP contribution is -2.56. The Labute approximate surface area is 280 Å². The van der Waals surface area contributed by atoms with E-state index in [1.807, 2.05) is 0 Å². The summed E-state index contributed by atoms with van der Waals surface area (Å²) in [5, 5.41) is 12.4. The summed E-state index contributed by atoms with van der Waals surface area (Å²) in [7, 11) is 0. The van der Waals surface area contributed by atoms with Crippen molar-refractivity contribution in [3.8, 4) is 5.75 Å². The van der Waals surface area contributed by atoms with Gasteiger partial charge in [-0.2, -0.15) is 0 Å². The number of hydrogen-bond donors (Lipinski definition) is 2. The Morgan fingerprint density at radius 1 is 0.980 bits per heavy atom. The van der Waals surface area contributed by atoms with Crippen LogP contribution in [0.4, 0.5) is 13.6 Å². The minimum atomic E-state index is -1.19. The van der Waals surface area contributed by atoms with Crippen LogP contribution in [0.25, 0.3) is 10.9 Å². The van der Waals surface area contributed by atoms with Crippen molar-refractivity contribution in [2.45, 2.75) is 44.7 Å². The smallest absolute Gasteiger partial charge is 0.409 e. The molecule has 3 aromatic rings. The first-order chi connectivity index (χ1) is 23.5. The van der Waals surface area contributed by atoms with Crippen LogP contribution in [-0.4, -0.2) is 107 Å². The van der Waals surface area contributed by atoms with Crippen molar-refractivity contribution in [1.82, 2.24) is 25.0 Å². The highest BCUT2D eigenvalue weighted by Gasteiger charge is 2.33. The number of benzene rings is 2. The molecule has 2 fully saturated rings. The number of carboxylic acid groups (broad SMARTS) is 1. The molecule has 2 aliphatic heterocycles. The second-order valence-electron chi connectivity index (χ2n) is 11.7. The number of piperazine rings is 1. The molecule has 3 heterocycles. The summed E-state index contributed by atoms with van der Waals surface area (Å²) in [4.78, 5) is 72.7. The average molecular weight is 682 g/mol. The van der Waals surface area contributed by atoms with E-state index in [2.05, 4.69) is 10.3 Å². The number of carbonyl (C=O) groups excluding carboxylic acids is 4. The molecule has 13 nitrogen and oxygen atoms in total. The molecule has 0 spiro atoms. The first-order valence-corrected chi connectivity index (χ1v) is 16.1. The number of carbonyl (C=O) groups is 5. The van der Waals surface area contributed by atoms with Crippen LogP contribution in [0.15, 0.2) is 48.5 Å². The van der Waals surface area contributed by atoms with Crippen molar-refractivity contribution in [3.63, 3.8) is 0 Å². The molecule has 49 heavy (non-hydrogen) atoms. The lowest BCUT2D eigenvalue weighted by Gasteiger charge is -2.35. The van der Waals surface area contributed by atoms with E-state index in [4.69, 9.17) is 9.47 Å². The summed E-state index contributed by atoms with van der Waals surface area (Å²) in [6.45, 7) is 2.68. The van der Waals surface area contributed by atoms with Gasteiger partial charge in [-0.05, 0) is 56.0 Å². The van der Waals surface area contributed by atoms with Gasteiger partial charge >= 0.3 is 12.1 Å². The topological polar surface area (TPSA) is 159 Å². The van der Waals surface area contributed by atoms with Gasteiger partial charge in [0.25, 0.3) is 11.8 Å². The summed E-state index contributed by atoms with van der Waals surface area (Å²) in [5.74, 6) is -4.58. The van der Waals surface area contributed by atoms with E-state index >= 15 is 0 Å². The standard InChI is InChI=1S/C34H37F2N5O8/c1-2-48-34(47)40-16-14-39(15-17-40)33(46)26(11-12-31(43)44)38-32(45)27-19-29(22-6-3-4-7-25(22)37-27)49-20-30(42)41-13-5-8-28(41)21-9-10-23(35)24(36)18-21/h3-4,6-7,9-10,18-19,26,28H,2,5,8,11-17,20H2,1H3,(H,38,45)(H,43,44)/t26-,28?/m0/s1. The van der Waals surface area contributed by atoms with Crippen LogP contribution in [0, 0.1) is 11.6 Å². The van der Waals surface area contributed by atoms with E-state index in [0.29, 0.717) is 35.9 Å². The van der Waals surface area contributed by atoms with Crippen molar-refractivity contribution in [1.29, 1.82) is 0 Å². The number of amides is 4. The Balaban J connectivity index is 1.30. The second-order valence-corrected chi connectivity index (χ2v) is 11.7. The number of ether oxygens (including phenoxy) is 2. The fourth-order valence-corrected chi connectivity index (χ4v) is 6.03. The molecule has 2 saturated heterocycles. The lowest BCUT2D eigenvalue weighted by atomic mass is 10.0. The molecule has 0 saturated carbocycles. The fourth-order valence-electron chi connectivity index (χ4n) is 6.03. The maximum atomic E-state index is 13.9. The Morgan fingerprint density at radius 3 is 2.43 bits per heavy atom. The number of likely N-dealkylation sites (tertiary alicyclic amines) is 1. The van der Waals surface area contributed by atoms with Crippen LogP contribution in [0.1, 0.15) is 54.7 Å². The van der Waals surface area contributed by atoms with Gasteiger partial charge in [0.2, 0.25) is 5.91 Å². The zero-order valence-electron chi connectivity index (χ0n) is 26.9. The van der Waals surface area contributed by atoms with Crippen LogP contribution in [0.2, 0.25) is 0 Å². The second kappa shape index (κ2) is 15.7. The Morgan fingerprint density at radius 2 is 1.71 bits per heavy atom. The number of fused-ring (bicyclic) bond motifs is 1. The normalized spacial score (nSPS) is 16.7. The van der Waals surface area contributed by atoms with E-state index in [1.165, 1.54) is 21.9 Å². The number of para-hydroxylation sites is 1. The van der Waals surface area contributed by atoms with E-state index < -0.39 is 54.2 Å². The molecule has 2 N–H and O–H groups in total. The summed E-state index contributed by atoms with van der Waals surface area (Å²) in [6, 6.07) is 10.1. The first-order valence-electron chi connectivity index (χ1n) is 16.1. The number of pyridine rings is 1. The van der Waals surface area contributed by atoms with E-state index in [0.717, 1.165) is 12.1 Å². The zero-order valence-corrected chi connectivity index (χ0v) is 26.9. The number of carboxylic acids is 1. The maximum Gasteiger partial charge on any atom is 0.409 e. The minimum absolute atomic E-state index is 0.123. The van der Waals surface area contributed by atoms with E-state index in [9.17, 15) is 37.9 Å². The maximum absolute atomic E-state index is 13.9. The fraction of sp³-hybridized carbons (Fsp3) is 0.412. The van der Waals surface area contributed by atoms with Gasteiger partial charge in [-0.25, -0.2) is 18.6 Å². The van der Waals surface area contributed by atoms with Crippen LogP contribution in [0.5, 0.6) is 5.75 Å². The molecule has 2 atom stereocenters. The molecule has 0 bridgehead atoms. The lowest BCUT2D eigenvalue weighted by molar-refractivity contribution is -0.138. The van der Waals surface area contributed by atoms with Gasteiger partial charge in [0.15, 0.2) is 18.2 Å². The van der Waals surface area contributed by atoms with Crippen molar-refractivity contribution in [3.05, 3.63) is 71.4 Å². The van der Waals surface area contributed by atoms with Gasteiger partial charge < -0.3 is 34.6 Å². The van der Waals surface area contributed by atoms with Crippen LogP contribution in [0.3, 0.4) is 0 Å². The molecule has 2 aliphatic rings. The highest BCUT2D eigenvalue weighted by atomic mass is 19.2. The largest absolute Gasteiger partial charge is 0.483 e. The Kier molecular flexibility index (Phi) is 11.2. The number of hydrogen-bond acceptors (Lipinski definition) is 8. The van der Waals surface area contributed by atoms with E-state index in [-0.39, 0.29) is 63.0 Å². The number of nitrogens with one attached hydrogen (secondary N) is 1. The van der Waals surface area contributed by atoms with Gasteiger partial charge in [-0.1, -0.05) is 18.2 Å². The highest BCUT2D eigenvalue weighted by Crippen LogP contribution is 2.33. The SMILES string of the molecule is CCOC(=O)N1CCN(C(=O)[C@H](CCC(=O)O)NC(=O)c2cc(OCC(=O)N3CCCC3c3ccc(F)c(F)c3)c3ccccc3n2)CC1. The molecule has 0 aliphatic carbocycles. The van der Waals surface area contributed by atoms with Crippen molar-refractivity contribution in [2.24, 2.45) is 0 Å².